The van der Waals surface area contributed by atoms with Gasteiger partial charge in [-0.2, -0.15) is 0 Å². The van der Waals surface area contributed by atoms with Crippen molar-refractivity contribution < 1.29 is 9.18 Å². The molecule has 0 unspecified atom stereocenters. The standard InChI is InChI=1S/C16H13FN2OS2/c1-10-18-16(13-6-3-7-21-13)14(22-10)9-15(20)19-12-5-2-4-11(17)8-12/h2-8H,9H2,1H3,(H,19,20). The largest absolute Gasteiger partial charge is 0.326 e. The van der Waals surface area contributed by atoms with Crippen LogP contribution in [0.3, 0.4) is 0 Å². The van der Waals surface area contributed by atoms with Gasteiger partial charge < -0.3 is 5.32 Å². The molecule has 0 aliphatic heterocycles. The number of thiazole rings is 1. The molecule has 1 aromatic carbocycles. The van der Waals surface area contributed by atoms with Crippen LogP contribution in [0.4, 0.5) is 10.1 Å². The number of hydrogen-bond acceptors (Lipinski definition) is 4. The SMILES string of the molecule is Cc1nc(-c2cccs2)c(CC(=O)Nc2cccc(F)c2)s1. The number of aryl methyl sites for hydroxylation is 1. The minimum absolute atomic E-state index is 0.174. The van der Waals surface area contributed by atoms with Crippen LogP contribution in [0.15, 0.2) is 41.8 Å². The van der Waals surface area contributed by atoms with Crippen molar-refractivity contribution in [2.24, 2.45) is 0 Å². The Morgan fingerprint density at radius 3 is 2.91 bits per heavy atom. The third-order valence-corrected chi connectivity index (χ3v) is 4.84. The van der Waals surface area contributed by atoms with Crippen molar-refractivity contribution in [3.8, 4) is 10.6 Å². The summed E-state index contributed by atoms with van der Waals surface area (Å²) in [7, 11) is 0. The Morgan fingerprint density at radius 1 is 1.32 bits per heavy atom. The van der Waals surface area contributed by atoms with Gasteiger partial charge in [0.25, 0.3) is 0 Å². The fourth-order valence-corrected chi connectivity index (χ4v) is 3.87. The van der Waals surface area contributed by atoms with E-state index in [0.717, 1.165) is 20.5 Å². The van der Waals surface area contributed by atoms with Crippen molar-refractivity contribution in [2.45, 2.75) is 13.3 Å². The van der Waals surface area contributed by atoms with Gasteiger partial charge in [0.1, 0.15) is 5.82 Å². The van der Waals surface area contributed by atoms with Gasteiger partial charge in [0.05, 0.1) is 22.0 Å². The summed E-state index contributed by atoms with van der Waals surface area (Å²) in [4.78, 5) is 18.7. The highest BCUT2D eigenvalue weighted by Crippen LogP contribution is 2.31. The number of anilines is 1. The third kappa shape index (κ3) is 3.40. The summed E-state index contributed by atoms with van der Waals surface area (Å²) in [6.45, 7) is 1.93. The number of nitrogens with one attached hydrogen (secondary N) is 1. The van der Waals surface area contributed by atoms with Crippen LogP contribution in [0.2, 0.25) is 0 Å². The molecule has 0 saturated carbocycles. The summed E-state index contributed by atoms with van der Waals surface area (Å²) in [5, 5.41) is 5.63. The van der Waals surface area contributed by atoms with Crippen LogP contribution in [-0.4, -0.2) is 10.9 Å². The number of carbonyl (C=O) groups excluding carboxylic acids is 1. The summed E-state index contributed by atoms with van der Waals surface area (Å²) in [5.41, 5.74) is 1.33. The minimum Gasteiger partial charge on any atom is -0.326 e. The summed E-state index contributed by atoms with van der Waals surface area (Å²) in [6.07, 6.45) is 0.231. The number of aromatic nitrogens is 1. The molecule has 2 aromatic heterocycles. The molecule has 0 bridgehead atoms. The van der Waals surface area contributed by atoms with Gasteiger partial charge in [-0.3, -0.25) is 4.79 Å². The van der Waals surface area contributed by atoms with Crippen molar-refractivity contribution in [3.05, 3.63) is 57.5 Å². The van der Waals surface area contributed by atoms with E-state index in [2.05, 4.69) is 10.3 Å². The van der Waals surface area contributed by atoms with Gasteiger partial charge in [0.15, 0.2) is 0 Å². The number of carbonyl (C=O) groups is 1. The molecular weight excluding hydrogens is 319 g/mol. The molecule has 1 amide bonds. The van der Waals surface area contributed by atoms with Gasteiger partial charge in [-0.1, -0.05) is 12.1 Å². The second kappa shape index (κ2) is 6.37. The topological polar surface area (TPSA) is 42.0 Å². The lowest BCUT2D eigenvalue weighted by molar-refractivity contribution is -0.115. The van der Waals surface area contributed by atoms with Gasteiger partial charge in [-0.15, -0.1) is 22.7 Å². The van der Waals surface area contributed by atoms with Crippen molar-refractivity contribution in [1.29, 1.82) is 0 Å². The van der Waals surface area contributed by atoms with Crippen LogP contribution in [-0.2, 0) is 11.2 Å². The molecule has 3 aromatic rings. The molecule has 0 fully saturated rings. The minimum atomic E-state index is -0.370. The third-order valence-electron chi connectivity index (χ3n) is 2.99. The molecular formula is C16H13FN2OS2. The summed E-state index contributed by atoms with van der Waals surface area (Å²) in [6, 6.07) is 9.84. The molecule has 2 heterocycles. The average molecular weight is 332 g/mol. The van der Waals surface area contributed by atoms with Crippen LogP contribution >= 0.6 is 22.7 Å². The summed E-state index contributed by atoms with van der Waals surface area (Å²) >= 11 is 3.11. The van der Waals surface area contributed by atoms with Crippen LogP contribution in [0.25, 0.3) is 10.6 Å². The molecule has 0 aliphatic carbocycles. The van der Waals surface area contributed by atoms with E-state index in [-0.39, 0.29) is 18.1 Å². The molecule has 0 spiro atoms. The molecule has 22 heavy (non-hydrogen) atoms. The van der Waals surface area contributed by atoms with E-state index in [9.17, 15) is 9.18 Å². The van der Waals surface area contributed by atoms with Crippen molar-refractivity contribution in [1.82, 2.24) is 4.98 Å². The number of hydrogen-bond donors (Lipinski definition) is 1. The number of amides is 1. The highest BCUT2D eigenvalue weighted by molar-refractivity contribution is 7.15. The Morgan fingerprint density at radius 2 is 2.18 bits per heavy atom. The molecule has 3 rings (SSSR count). The summed E-state index contributed by atoms with van der Waals surface area (Å²) in [5.74, 6) is -0.544. The van der Waals surface area contributed by atoms with Gasteiger partial charge in [0, 0.05) is 10.6 Å². The molecule has 0 radical (unpaired) electrons. The number of benzene rings is 1. The fraction of sp³-hybridized carbons (Fsp3) is 0.125. The number of halogens is 1. The first-order chi connectivity index (χ1) is 10.6. The Hall–Kier alpha value is -2.05. The fourth-order valence-electron chi connectivity index (χ4n) is 2.11. The molecule has 112 valence electrons. The quantitative estimate of drug-likeness (QED) is 0.764. The first-order valence-electron chi connectivity index (χ1n) is 6.67. The lowest BCUT2D eigenvalue weighted by atomic mass is 10.2. The molecule has 0 aliphatic rings. The second-order valence-electron chi connectivity index (χ2n) is 4.72. The predicted molar refractivity (Wildman–Crippen MR) is 88.9 cm³/mol. The molecule has 1 N–H and O–H groups in total. The van der Waals surface area contributed by atoms with Crippen LogP contribution in [0.1, 0.15) is 9.88 Å². The zero-order valence-corrected chi connectivity index (χ0v) is 13.4. The summed E-state index contributed by atoms with van der Waals surface area (Å²) < 4.78 is 13.1. The van der Waals surface area contributed by atoms with Crippen molar-refractivity contribution in [2.75, 3.05) is 5.32 Å². The molecule has 0 saturated heterocycles. The number of rotatable bonds is 4. The highest BCUT2D eigenvalue weighted by atomic mass is 32.1. The first kappa shape index (κ1) is 14.9. The lowest BCUT2D eigenvalue weighted by Gasteiger charge is -2.05. The van der Waals surface area contributed by atoms with E-state index in [1.165, 1.54) is 23.5 Å². The Bertz CT molecular complexity index is 796. The highest BCUT2D eigenvalue weighted by Gasteiger charge is 2.15. The van der Waals surface area contributed by atoms with Gasteiger partial charge in [-0.05, 0) is 36.6 Å². The van der Waals surface area contributed by atoms with E-state index >= 15 is 0 Å². The van der Waals surface area contributed by atoms with E-state index < -0.39 is 0 Å². The Labute approximate surface area is 135 Å². The van der Waals surface area contributed by atoms with E-state index in [1.807, 2.05) is 24.4 Å². The van der Waals surface area contributed by atoms with E-state index in [4.69, 9.17) is 0 Å². The molecule has 3 nitrogen and oxygen atoms in total. The van der Waals surface area contributed by atoms with Crippen molar-refractivity contribution >= 4 is 34.3 Å². The normalized spacial score (nSPS) is 10.6. The molecule has 0 atom stereocenters. The number of thiophene rings is 1. The zero-order chi connectivity index (χ0) is 15.5. The van der Waals surface area contributed by atoms with Crippen molar-refractivity contribution in [3.63, 3.8) is 0 Å². The Balaban J connectivity index is 1.77. The second-order valence-corrected chi connectivity index (χ2v) is 6.95. The maximum absolute atomic E-state index is 13.1. The average Bonchev–Trinajstić information content (AvgIpc) is 3.08. The zero-order valence-electron chi connectivity index (χ0n) is 11.8. The van der Waals surface area contributed by atoms with Gasteiger partial charge in [0.2, 0.25) is 5.91 Å². The van der Waals surface area contributed by atoms with Gasteiger partial charge in [-0.25, -0.2) is 9.37 Å². The first-order valence-corrected chi connectivity index (χ1v) is 8.37. The van der Waals surface area contributed by atoms with Crippen LogP contribution < -0.4 is 5.32 Å². The predicted octanol–water partition coefficient (Wildman–Crippen LogP) is 4.50. The maximum atomic E-state index is 13.1. The van der Waals surface area contributed by atoms with E-state index in [0.29, 0.717) is 5.69 Å². The van der Waals surface area contributed by atoms with Crippen LogP contribution in [0, 0.1) is 12.7 Å². The van der Waals surface area contributed by atoms with Crippen LogP contribution in [0.5, 0.6) is 0 Å². The molecule has 6 heteroatoms. The Kier molecular flexibility index (Phi) is 4.31. The monoisotopic (exact) mass is 332 g/mol. The number of nitrogens with zero attached hydrogens (tertiary/aromatic N) is 1. The van der Waals surface area contributed by atoms with Gasteiger partial charge >= 0.3 is 0 Å². The van der Waals surface area contributed by atoms with E-state index in [1.54, 1.807) is 23.5 Å². The lowest BCUT2D eigenvalue weighted by Crippen LogP contribution is -2.14. The smallest absolute Gasteiger partial charge is 0.229 e. The maximum Gasteiger partial charge on any atom is 0.229 e.